The molecule has 0 radical (unpaired) electrons. The highest BCUT2D eigenvalue weighted by atomic mass is 35.5. The third-order valence-corrected chi connectivity index (χ3v) is 4.60. The average Bonchev–Trinajstić information content (AvgIpc) is 3.03. The minimum atomic E-state index is -4.58. The third-order valence-electron chi connectivity index (χ3n) is 4.31. The van der Waals surface area contributed by atoms with Gasteiger partial charge in [0.1, 0.15) is 5.75 Å². The summed E-state index contributed by atoms with van der Waals surface area (Å²) in [4.78, 5) is 0. The zero-order valence-electron chi connectivity index (χ0n) is 15.5. The topological polar surface area (TPSA) is 39.9 Å². The van der Waals surface area contributed by atoms with Crippen molar-refractivity contribution in [2.24, 2.45) is 7.05 Å². The van der Waals surface area contributed by atoms with Gasteiger partial charge in [-0.15, -0.1) is 10.2 Å². The van der Waals surface area contributed by atoms with Gasteiger partial charge in [-0.2, -0.15) is 26.3 Å². The van der Waals surface area contributed by atoms with Crippen molar-refractivity contribution in [2.45, 2.75) is 25.4 Å². The van der Waals surface area contributed by atoms with Crippen molar-refractivity contribution in [2.75, 3.05) is 0 Å². The summed E-state index contributed by atoms with van der Waals surface area (Å²) in [6, 6.07) is 7.53. The maximum atomic E-state index is 13.3. The fraction of sp³-hybridized carbons (Fsp3) is 0.263. The Morgan fingerprint density at radius 2 is 1.63 bits per heavy atom. The predicted octanol–water partition coefficient (Wildman–Crippen LogP) is 6.31. The number of ether oxygens (including phenoxy) is 1. The normalized spacial score (nSPS) is 13.4. The van der Waals surface area contributed by atoms with Gasteiger partial charge in [-0.3, -0.25) is 0 Å². The van der Waals surface area contributed by atoms with E-state index in [0.29, 0.717) is 0 Å². The molecule has 0 spiro atoms. The van der Waals surface area contributed by atoms with Crippen LogP contribution in [0, 0.1) is 0 Å². The first-order valence-corrected chi connectivity index (χ1v) is 8.86. The molecule has 2 aromatic carbocycles. The Bertz CT molecular complexity index is 1060. The zero-order valence-corrected chi connectivity index (χ0v) is 16.3. The lowest BCUT2D eigenvalue weighted by atomic mass is 10.1. The molecule has 0 aliphatic carbocycles. The van der Waals surface area contributed by atoms with E-state index >= 15 is 0 Å². The molecule has 30 heavy (non-hydrogen) atoms. The van der Waals surface area contributed by atoms with E-state index in [1.165, 1.54) is 36.7 Å². The molecular formula is C19H14ClF6N3O. The molecule has 1 heterocycles. The second-order valence-corrected chi connectivity index (χ2v) is 6.79. The molecule has 0 bridgehead atoms. The van der Waals surface area contributed by atoms with Gasteiger partial charge in [0.25, 0.3) is 0 Å². The SMILES string of the molecule is C[C@H](Oc1ccc(C(F)(F)F)cc1Cl)c1nnc(-c2ccccc2C(F)(F)F)n1C. The van der Waals surface area contributed by atoms with Crippen molar-refractivity contribution in [1.82, 2.24) is 14.8 Å². The van der Waals surface area contributed by atoms with Gasteiger partial charge in [-0.1, -0.05) is 29.8 Å². The largest absolute Gasteiger partial charge is 0.481 e. The molecule has 3 rings (SSSR count). The van der Waals surface area contributed by atoms with E-state index in [4.69, 9.17) is 16.3 Å². The Labute approximate surface area is 172 Å². The van der Waals surface area contributed by atoms with E-state index in [1.54, 1.807) is 0 Å². The number of alkyl halides is 6. The summed E-state index contributed by atoms with van der Waals surface area (Å²) in [5, 5.41) is 7.48. The molecule has 4 nitrogen and oxygen atoms in total. The van der Waals surface area contributed by atoms with Crippen molar-refractivity contribution in [3.63, 3.8) is 0 Å². The second kappa shape index (κ2) is 7.82. The Morgan fingerprint density at radius 1 is 0.967 bits per heavy atom. The third kappa shape index (κ3) is 4.38. The van der Waals surface area contributed by atoms with Crippen LogP contribution in [-0.4, -0.2) is 14.8 Å². The molecule has 0 aliphatic rings. The molecule has 11 heteroatoms. The van der Waals surface area contributed by atoms with Crippen LogP contribution in [0.25, 0.3) is 11.4 Å². The van der Waals surface area contributed by atoms with Crippen molar-refractivity contribution in [1.29, 1.82) is 0 Å². The number of aromatic nitrogens is 3. The van der Waals surface area contributed by atoms with Gasteiger partial charge in [0.05, 0.1) is 16.1 Å². The lowest BCUT2D eigenvalue weighted by Crippen LogP contribution is -2.12. The minimum Gasteiger partial charge on any atom is -0.481 e. The maximum Gasteiger partial charge on any atom is 0.417 e. The molecule has 0 amide bonds. The van der Waals surface area contributed by atoms with Crippen molar-refractivity contribution in [3.05, 3.63) is 64.4 Å². The van der Waals surface area contributed by atoms with Gasteiger partial charge in [0.15, 0.2) is 17.8 Å². The first-order chi connectivity index (χ1) is 13.9. The highest BCUT2D eigenvalue weighted by Gasteiger charge is 2.35. The Hall–Kier alpha value is -2.75. The van der Waals surface area contributed by atoms with E-state index in [-0.39, 0.29) is 28.0 Å². The molecule has 0 saturated heterocycles. The van der Waals surface area contributed by atoms with Crippen LogP contribution in [0.2, 0.25) is 5.02 Å². The fourth-order valence-corrected chi connectivity index (χ4v) is 3.10. The summed E-state index contributed by atoms with van der Waals surface area (Å²) in [7, 11) is 1.46. The summed E-state index contributed by atoms with van der Waals surface area (Å²) in [6.45, 7) is 1.53. The Kier molecular flexibility index (Phi) is 5.72. The summed E-state index contributed by atoms with van der Waals surface area (Å²) >= 11 is 5.89. The summed E-state index contributed by atoms with van der Waals surface area (Å²) < 4.78 is 85.1. The number of hydrogen-bond donors (Lipinski definition) is 0. The van der Waals surface area contributed by atoms with Gasteiger partial charge in [-0.25, -0.2) is 0 Å². The molecule has 0 unspecified atom stereocenters. The van der Waals surface area contributed by atoms with Crippen LogP contribution < -0.4 is 4.74 Å². The quantitative estimate of drug-likeness (QED) is 0.438. The molecule has 3 aromatic rings. The average molecular weight is 450 g/mol. The van der Waals surface area contributed by atoms with Gasteiger partial charge in [0.2, 0.25) is 0 Å². The van der Waals surface area contributed by atoms with Crippen LogP contribution >= 0.6 is 11.6 Å². The van der Waals surface area contributed by atoms with Crippen LogP contribution in [0.4, 0.5) is 26.3 Å². The Balaban J connectivity index is 1.90. The van der Waals surface area contributed by atoms with Crippen molar-refractivity contribution in [3.8, 4) is 17.1 Å². The van der Waals surface area contributed by atoms with Crippen LogP contribution in [-0.2, 0) is 19.4 Å². The first-order valence-electron chi connectivity index (χ1n) is 8.49. The zero-order chi connectivity index (χ0) is 22.3. The second-order valence-electron chi connectivity index (χ2n) is 6.39. The molecule has 1 atom stereocenters. The lowest BCUT2D eigenvalue weighted by molar-refractivity contribution is -0.138. The molecule has 0 N–H and O–H groups in total. The van der Waals surface area contributed by atoms with Crippen LogP contribution in [0.15, 0.2) is 42.5 Å². The van der Waals surface area contributed by atoms with E-state index in [1.807, 2.05) is 0 Å². The van der Waals surface area contributed by atoms with E-state index in [9.17, 15) is 26.3 Å². The first kappa shape index (κ1) is 21.9. The lowest BCUT2D eigenvalue weighted by Gasteiger charge is -2.17. The molecule has 1 aromatic heterocycles. The number of benzene rings is 2. The standard InChI is InChI=1S/C19H14ClF6N3O/c1-10(30-15-8-7-11(9-14(15)20)18(21,22)23)16-27-28-17(29(16)2)12-5-3-4-6-13(12)19(24,25)26/h3-10H,1-2H3/t10-/m0/s1. The van der Waals surface area contributed by atoms with E-state index in [2.05, 4.69) is 10.2 Å². The van der Waals surface area contributed by atoms with Gasteiger partial charge in [-0.05, 0) is 31.2 Å². The fourth-order valence-electron chi connectivity index (χ4n) is 2.87. The molecule has 0 aliphatic heterocycles. The summed E-state index contributed by atoms with van der Waals surface area (Å²) in [5.74, 6) is 0.0993. The summed E-state index contributed by atoms with van der Waals surface area (Å²) in [6.07, 6.45) is -10.00. The Morgan fingerprint density at radius 3 is 2.23 bits per heavy atom. The predicted molar refractivity (Wildman–Crippen MR) is 96.9 cm³/mol. The number of rotatable bonds is 4. The number of halogens is 7. The van der Waals surface area contributed by atoms with Crippen LogP contribution in [0.1, 0.15) is 30.0 Å². The van der Waals surface area contributed by atoms with Crippen molar-refractivity contribution < 1.29 is 31.1 Å². The monoisotopic (exact) mass is 449 g/mol. The van der Waals surface area contributed by atoms with Gasteiger partial charge in [0, 0.05) is 12.6 Å². The summed E-state index contributed by atoms with van der Waals surface area (Å²) in [5.41, 5.74) is -1.96. The number of nitrogens with zero attached hydrogens (tertiary/aromatic N) is 3. The molecule has 160 valence electrons. The highest BCUT2D eigenvalue weighted by molar-refractivity contribution is 6.32. The molecule has 0 fully saturated rings. The van der Waals surface area contributed by atoms with Crippen molar-refractivity contribution >= 4 is 11.6 Å². The van der Waals surface area contributed by atoms with E-state index in [0.717, 1.165) is 24.3 Å². The molecule has 0 saturated carbocycles. The van der Waals surface area contributed by atoms with Crippen LogP contribution in [0.5, 0.6) is 5.75 Å². The minimum absolute atomic E-state index is 0.0302. The highest BCUT2D eigenvalue weighted by Crippen LogP contribution is 2.38. The molecular weight excluding hydrogens is 436 g/mol. The van der Waals surface area contributed by atoms with Gasteiger partial charge >= 0.3 is 12.4 Å². The van der Waals surface area contributed by atoms with Crippen LogP contribution in [0.3, 0.4) is 0 Å². The van der Waals surface area contributed by atoms with Gasteiger partial charge < -0.3 is 9.30 Å². The maximum absolute atomic E-state index is 13.3. The smallest absolute Gasteiger partial charge is 0.417 e. The number of hydrogen-bond acceptors (Lipinski definition) is 3. The van der Waals surface area contributed by atoms with E-state index < -0.39 is 29.6 Å².